The number of nitrogens with one attached hydrogen (secondary N) is 2. The highest BCUT2D eigenvalue weighted by atomic mass is 19.4. The van der Waals surface area contributed by atoms with E-state index in [0.717, 1.165) is 0 Å². The number of benzene rings is 2. The molecule has 6 nitrogen and oxygen atoms in total. The molecule has 9 heteroatoms. The summed E-state index contributed by atoms with van der Waals surface area (Å²) in [5, 5.41) is 14.5. The number of aromatic hydroxyl groups is 1. The van der Waals surface area contributed by atoms with Crippen LogP contribution < -0.4 is 15.4 Å². The minimum atomic E-state index is -4.79. The van der Waals surface area contributed by atoms with Gasteiger partial charge in [0.1, 0.15) is 11.5 Å². The normalized spacial score (nSPS) is 18.0. The standard InChI is InChI=1S/C20H19F3N2O4/c21-20(22,23)29-17-4-2-1-3-14(17)15-11-16(15)19(28)25-10-9-24-18(27)12-5-7-13(26)8-6-12/h1-8,15-16,26H,9-11H2,(H,24,27)(H,25,28)/t15-,16+/m0/s1. The number of phenolic OH excluding ortho intramolecular Hbond substituents is 1. The van der Waals surface area contributed by atoms with E-state index in [0.29, 0.717) is 17.5 Å². The molecule has 3 N–H and O–H groups in total. The average Bonchev–Trinajstić information content (AvgIpc) is 3.45. The van der Waals surface area contributed by atoms with Crippen LogP contribution >= 0.6 is 0 Å². The van der Waals surface area contributed by atoms with Crippen LogP contribution in [0.4, 0.5) is 13.2 Å². The molecule has 2 aromatic carbocycles. The molecule has 1 saturated carbocycles. The molecule has 0 heterocycles. The van der Waals surface area contributed by atoms with Gasteiger partial charge in [-0.2, -0.15) is 0 Å². The molecule has 0 saturated heterocycles. The number of alkyl halides is 3. The summed E-state index contributed by atoms with van der Waals surface area (Å²) in [6.07, 6.45) is -4.36. The number of rotatable bonds is 7. The number of hydrogen-bond donors (Lipinski definition) is 3. The first-order valence-corrected chi connectivity index (χ1v) is 8.94. The highest BCUT2D eigenvalue weighted by molar-refractivity contribution is 5.94. The maximum Gasteiger partial charge on any atom is 0.573 e. The zero-order chi connectivity index (χ0) is 21.0. The van der Waals surface area contributed by atoms with E-state index in [2.05, 4.69) is 15.4 Å². The first-order valence-electron chi connectivity index (χ1n) is 8.94. The molecule has 0 aliphatic heterocycles. The largest absolute Gasteiger partial charge is 0.573 e. The van der Waals surface area contributed by atoms with Crippen molar-refractivity contribution in [2.45, 2.75) is 18.7 Å². The Balaban J connectivity index is 1.45. The van der Waals surface area contributed by atoms with Gasteiger partial charge in [-0.25, -0.2) is 0 Å². The van der Waals surface area contributed by atoms with Gasteiger partial charge in [0.05, 0.1) is 0 Å². The number of para-hydroxylation sites is 1. The lowest BCUT2D eigenvalue weighted by Gasteiger charge is -2.13. The second-order valence-electron chi connectivity index (χ2n) is 6.63. The molecule has 3 rings (SSSR count). The summed E-state index contributed by atoms with van der Waals surface area (Å²) in [7, 11) is 0. The van der Waals surface area contributed by atoms with Crippen molar-refractivity contribution in [1.29, 1.82) is 0 Å². The van der Waals surface area contributed by atoms with Crippen LogP contribution in [0.5, 0.6) is 11.5 Å². The van der Waals surface area contributed by atoms with Crippen molar-refractivity contribution in [2.24, 2.45) is 5.92 Å². The second-order valence-corrected chi connectivity index (χ2v) is 6.63. The fraction of sp³-hybridized carbons (Fsp3) is 0.300. The number of amides is 2. The number of carbonyl (C=O) groups excluding carboxylic acids is 2. The third-order valence-electron chi connectivity index (χ3n) is 4.51. The molecule has 2 amide bonds. The van der Waals surface area contributed by atoms with Crippen molar-refractivity contribution in [2.75, 3.05) is 13.1 Å². The van der Waals surface area contributed by atoms with Crippen molar-refractivity contribution < 1.29 is 32.6 Å². The van der Waals surface area contributed by atoms with Gasteiger partial charge in [-0.3, -0.25) is 9.59 Å². The monoisotopic (exact) mass is 408 g/mol. The smallest absolute Gasteiger partial charge is 0.508 e. The SMILES string of the molecule is O=C(NCCNC(=O)[C@@H]1C[C@H]1c1ccccc1OC(F)(F)F)c1ccc(O)cc1. The lowest BCUT2D eigenvalue weighted by atomic mass is 10.1. The molecule has 29 heavy (non-hydrogen) atoms. The number of halogens is 3. The summed E-state index contributed by atoms with van der Waals surface area (Å²) in [4.78, 5) is 24.1. The van der Waals surface area contributed by atoms with Gasteiger partial charge in [-0.1, -0.05) is 18.2 Å². The fourth-order valence-corrected chi connectivity index (χ4v) is 3.04. The topological polar surface area (TPSA) is 87.7 Å². The molecule has 0 radical (unpaired) electrons. The first kappa shape index (κ1) is 20.5. The molecular formula is C20H19F3N2O4. The Morgan fingerprint density at radius 1 is 1.03 bits per heavy atom. The van der Waals surface area contributed by atoms with E-state index < -0.39 is 12.3 Å². The van der Waals surface area contributed by atoms with Crippen molar-refractivity contribution in [3.05, 3.63) is 59.7 Å². The lowest BCUT2D eigenvalue weighted by molar-refractivity contribution is -0.274. The molecule has 0 unspecified atom stereocenters. The third-order valence-corrected chi connectivity index (χ3v) is 4.51. The maximum atomic E-state index is 12.5. The number of ether oxygens (including phenoxy) is 1. The summed E-state index contributed by atoms with van der Waals surface area (Å²) in [5.41, 5.74) is 0.725. The van der Waals surface area contributed by atoms with Gasteiger partial charge < -0.3 is 20.5 Å². The van der Waals surface area contributed by atoms with Crippen LogP contribution in [0.3, 0.4) is 0 Å². The lowest BCUT2D eigenvalue weighted by Crippen LogP contribution is -2.35. The highest BCUT2D eigenvalue weighted by Gasteiger charge is 2.46. The van der Waals surface area contributed by atoms with Crippen LogP contribution in [0.15, 0.2) is 48.5 Å². The summed E-state index contributed by atoms with van der Waals surface area (Å²) >= 11 is 0. The number of phenols is 1. The summed E-state index contributed by atoms with van der Waals surface area (Å²) in [6.45, 7) is 0.378. The average molecular weight is 408 g/mol. The zero-order valence-corrected chi connectivity index (χ0v) is 15.2. The molecule has 0 aromatic heterocycles. The molecule has 154 valence electrons. The Hall–Kier alpha value is -3.23. The van der Waals surface area contributed by atoms with Gasteiger partial charge in [0.2, 0.25) is 5.91 Å². The number of hydrogen-bond acceptors (Lipinski definition) is 4. The molecule has 0 spiro atoms. The highest BCUT2D eigenvalue weighted by Crippen LogP contribution is 2.50. The maximum absolute atomic E-state index is 12.5. The van der Waals surface area contributed by atoms with E-state index in [9.17, 15) is 27.9 Å². The summed E-state index contributed by atoms with van der Waals surface area (Å²) in [5.74, 6) is -1.63. The quantitative estimate of drug-likeness (QED) is 0.615. The van der Waals surface area contributed by atoms with Gasteiger partial charge in [-0.05, 0) is 48.2 Å². The van der Waals surface area contributed by atoms with Crippen LogP contribution in [0.25, 0.3) is 0 Å². The number of carbonyl (C=O) groups is 2. The van der Waals surface area contributed by atoms with E-state index in [1.807, 2.05) is 0 Å². The van der Waals surface area contributed by atoms with Crippen LogP contribution in [0, 0.1) is 5.92 Å². The van der Waals surface area contributed by atoms with Crippen LogP contribution in [-0.2, 0) is 4.79 Å². The van der Waals surface area contributed by atoms with E-state index >= 15 is 0 Å². The molecule has 1 aliphatic rings. The van der Waals surface area contributed by atoms with Crippen molar-refractivity contribution in [3.63, 3.8) is 0 Å². The minimum Gasteiger partial charge on any atom is -0.508 e. The van der Waals surface area contributed by atoms with Crippen molar-refractivity contribution in [1.82, 2.24) is 10.6 Å². The Kier molecular flexibility index (Phi) is 5.95. The molecule has 2 atom stereocenters. The van der Waals surface area contributed by atoms with Gasteiger partial charge in [0.15, 0.2) is 0 Å². The Morgan fingerprint density at radius 3 is 2.38 bits per heavy atom. The van der Waals surface area contributed by atoms with E-state index in [4.69, 9.17) is 0 Å². The van der Waals surface area contributed by atoms with Gasteiger partial charge in [0.25, 0.3) is 5.91 Å². The predicted molar refractivity (Wildman–Crippen MR) is 97.4 cm³/mol. The third kappa shape index (κ3) is 5.63. The summed E-state index contributed by atoms with van der Waals surface area (Å²) < 4.78 is 41.6. The van der Waals surface area contributed by atoms with Gasteiger partial charge in [-0.15, -0.1) is 13.2 Å². The first-order chi connectivity index (χ1) is 13.7. The van der Waals surface area contributed by atoms with E-state index in [1.54, 1.807) is 6.07 Å². The Labute approximate surface area is 164 Å². The van der Waals surface area contributed by atoms with Crippen LogP contribution in [-0.4, -0.2) is 36.4 Å². The van der Waals surface area contributed by atoms with E-state index in [1.165, 1.54) is 42.5 Å². The predicted octanol–water partition coefficient (Wildman–Crippen LogP) is 2.94. The van der Waals surface area contributed by atoms with Crippen LogP contribution in [0.2, 0.25) is 0 Å². The molecule has 0 bridgehead atoms. The van der Waals surface area contributed by atoms with Crippen molar-refractivity contribution >= 4 is 11.8 Å². The molecule has 1 aliphatic carbocycles. The Bertz CT molecular complexity index is 884. The van der Waals surface area contributed by atoms with E-state index in [-0.39, 0.29) is 42.3 Å². The van der Waals surface area contributed by atoms with Crippen molar-refractivity contribution in [3.8, 4) is 11.5 Å². The summed E-state index contributed by atoms with van der Waals surface area (Å²) in [6, 6.07) is 11.5. The van der Waals surface area contributed by atoms with Gasteiger partial charge >= 0.3 is 6.36 Å². The van der Waals surface area contributed by atoms with Crippen LogP contribution in [0.1, 0.15) is 28.3 Å². The molecule has 1 fully saturated rings. The molecular weight excluding hydrogens is 389 g/mol. The Morgan fingerprint density at radius 2 is 1.69 bits per heavy atom. The van der Waals surface area contributed by atoms with Gasteiger partial charge in [0, 0.05) is 24.6 Å². The zero-order valence-electron chi connectivity index (χ0n) is 15.2. The second kappa shape index (κ2) is 8.42. The molecule has 2 aromatic rings. The minimum absolute atomic E-state index is 0.0509. The fourth-order valence-electron chi connectivity index (χ4n) is 3.04.